The molecule has 0 aliphatic carbocycles. The van der Waals surface area contributed by atoms with Crippen molar-refractivity contribution >= 4 is 13.6 Å². The average Bonchev–Trinajstić information content (AvgIpc) is 2.71. The fraction of sp³-hybridized carbons (Fsp3) is 0.708. The maximum atomic E-state index is 13.0. The third kappa shape index (κ3) is 11.3. The quantitative estimate of drug-likeness (QED) is 0.169. The van der Waals surface area contributed by atoms with Crippen LogP contribution in [0.2, 0.25) is 0 Å². The van der Waals surface area contributed by atoms with Gasteiger partial charge >= 0.3 is 13.6 Å². The highest BCUT2D eigenvalue weighted by atomic mass is 31.2. The molecule has 0 bridgehead atoms. The van der Waals surface area contributed by atoms with Gasteiger partial charge in [-0.3, -0.25) is 14.4 Å². The lowest BCUT2D eigenvalue weighted by Gasteiger charge is -2.29. The molecular weight excluding hydrogens is 413 g/mol. The predicted octanol–water partition coefficient (Wildman–Crippen LogP) is 6.65. The Balaban J connectivity index is 2.44. The molecular formula is C24H42NO5P. The number of benzene rings is 1. The van der Waals surface area contributed by atoms with Crippen LogP contribution < -0.4 is 5.32 Å². The third-order valence-corrected chi connectivity index (χ3v) is 7.28. The van der Waals surface area contributed by atoms with Crippen LogP contribution in [0.5, 0.6) is 0 Å². The van der Waals surface area contributed by atoms with E-state index in [4.69, 9.17) is 4.52 Å². The molecule has 0 saturated heterocycles. The van der Waals surface area contributed by atoms with Gasteiger partial charge in [0, 0.05) is 0 Å². The first-order valence-electron chi connectivity index (χ1n) is 11.8. The van der Waals surface area contributed by atoms with Crippen molar-refractivity contribution in [2.45, 2.75) is 103 Å². The van der Waals surface area contributed by atoms with Crippen molar-refractivity contribution in [1.29, 1.82) is 0 Å². The lowest BCUT2D eigenvalue weighted by atomic mass is 10.1. The Morgan fingerprint density at radius 2 is 1.45 bits per heavy atom. The smallest absolute Gasteiger partial charge is 0.350 e. The SMILES string of the molecule is CCCCCCCCCCCCCNC(c1ccccc1)P(=O)(O)OC(C)(C)C(=O)O. The summed E-state index contributed by atoms with van der Waals surface area (Å²) in [6.07, 6.45) is 13.6. The molecule has 0 aliphatic rings. The molecule has 3 N–H and O–H groups in total. The summed E-state index contributed by atoms with van der Waals surface area (Å²) in [5.74, 6) is -2.24. The van der Waals surface area contributed by atoms with E-state index >= 15 is 0 Å². The third-order valence-electron chi connectivity index (χ3n) is 5.43. The summed E-state index contributed by atoms with van der Waals surface area (Å²) in [5.41, 5.74) is -1.15. The van der Waals surface area contributed by atoms with Gasteiger partial charge in [-0.1, -0.05) is 101 Å². The van der Waals surface area contributed by atoms with E-state index < -0.39 is 24.9 Å². The molecule has 2 unspecified atom stereocenters. The summed E-state index contributed by atoms with van der Waals surface area (Å²) < 4.78 is 18.2. The Hall–Kier alpha value is -1.20. The monoisotopic (exact) mass is 455 g/mol. The summed E-state index contributed by atoms with van der Waals surface area (Å²) in [6.45, 7) is 5.37. The molecule has 31 heavy (non-hydrogen) atoms. The summed E-state index contributed by atoms with van der Waals surface area (Å²) >= 11 is 0. The second-order valence-electron chi connectivity index (χ2n) is 8.77. The van der Waals surface area contributed by atoms with Gasteiger partial charge in [0.2, 0.25) is 0 Å². The number of hydrogen-bond acceptors (Lipinski definition) is 4. The van der Waals surface area contributed by atoms with Crippen molar-refractivity contribution < 1.29 is 23.9 Å². The molecule has 2 atom stereocenters. The second-order valence-corrected chi connectivity index (χ2v) is 10.6. The molecule has 0 saturated carbocycles. The highest BCUT2D eigenvalue weighted by molar-refractivity contribution is 7.53. The van der Waals surface area contributed by atoms with Crippen molar-refractivity contribution in [3.05, 3.63) is 35.9 Å². The number of unbranched alkanes of at least 4 members (excludes halogenated alkanes) is 10. The van der Waals surface area contributed by atoms with Gasteiger partial charge in [-0.15, -0.1) is 0 Å². The van der Waals surface area contributed by atoms with E-state index in [0.717, 1.165) is 19.3 Å². The molecule has 1 aromatic carbocycles. The standard InChI is InChI=1S/C24H42NO5P/c1-4-5-6-7-8-9-10-11-12-13-17-20-25-22(21-18-15-14-16-19-21)31(28,29)30-24(2,3)23(26)27/h14-16,18-19,22,25H,4-13,17,20H2,1-3H3,(H,26,27)(H,28,29). The van der Waals surface area contributed by atoms with E-state index in [9.17, 15) is 19.4 Å². The van der Waals surface area contributed by atoms with Crippen LogP contribution in [0.1, 0.15) is 103 Å². The molecule has 0 radical (unpaired) electrons. The first-order chi connectivity index (χ1) is 14.7. The highest BCUT2D eigenvalue weighted by Gasteiger charge is 2.42. The van der Waals surface area contributed by atoms with Crippen molar-refractivity contribution in [2.24, 2.45) is 0 Å². The van der Waals surface area contributed by atoms with E-state index in [0.29, 0.717) is 12.1 Å². The van der Waals surface area contributed by atoms with Crippen LogP contribution in [0.3, 0.4) is 0 Å². The van der Waals surface area contributed by atoms with E-state index in [1.165, 1.54) is 65.2 Å². The summed E-state index contributed by atoms with van der Waals surface area (Å²) in [7, 11) is -4.27. The fourth-order valence-corrected chi connectivity index (χ4v) is 5.25. The second kappa shape index (κ2) is 14.8. The molecule has 178 valence electrons. The molecule has 0 spiro atoms. The summed E-state index contributed by atoms with van der Waals surface area (Å²) in [5, 5.41) is 12.4. The van der Waals surface area contributed by atoms with Gasteiger partial charge in [0.25, 0.3) is 0 Å². The summed E-state index contributed by atoms with van der Waals surface area (Å²) in [4.78, 5) is 22.0. The van der Waals surface area contributed by atoms with Crippen molar-refractivity contribution in [3.8, 4) is 0 Å². The van der Waals surface area contributed by atoms with Crippen LogP contribution in [0.25, 0.3) is 0 Å². The molecule has 0 fully saturated rings. The van der Waals surface area contributed by atoms with Crippen LogP contribution in [0.15, 0.2) is 30.3 Å². The molecule has 0 aromatic heterocycles. The number of nitrogens with one attached hydrogen (secondary N) is 1. The van der Waals surface area contributed by atoms with Crippen molar-refractivity contribution in [1.82, 2.24) is 5.32 Å². The molecule has 0 heterocycles. The zero-order valence-corrected chi connectivity index (χ0v) is 20.4. The molecule has 0 amide bonds. The molecule has 0 aliphatic heterocycles. The number of carbonyl (C=O) groups is 1. The average molecular weight is 456 g/mol. The largest absolute Gasteiger partial charge is 0.479 e. The van der Waals surface area contributed by atoms with E-state index in [-0.39, 0.29) is 0 Å². The fourth-order valence-electron chi connectivity index (χ4n) is 3.50. The normalized spacial score (nSPS) is 14.8. The Labute approximate surface area is 188 Å². The zero-order chi connectivity index (χ0) is 23.2. The maximum absolute atomic E-state index is 13.0. The Kier molecular flexibility index (Phi) is 13.3. The Morgan fingerprint density at radius 3 is 1.94 bits per heavy atom. The molecule has 6 nitrogen and oxygen atoms in total. The van der Waals surface area contributed by atoms with Crippen molar-refractivity contribution in [2.75, 3.05) is 6.54 Å². The van der Waals surface area contributed by atoms with E-state index in [2.05, 4.69) is 12.2 Å². The molecule has 1 aromatic rings. The van der Waals surface area contributed by atoms with E-state index in [1.54, 1.807) is 24.3 Å². The predicted molar refractivity (Wildman–Crippen MR) is 126 cm³/mol. The zero-order valence-electron chi connectivity index (χ0n) is 19.5. The van der Waals surface area contributed by atoms with Crippen LogP contribution in [0.4, 0.5) is 0 Å². The molecule has 7 heteroatoms. The first kappa shape index (κ1) is 27.8. The van der Waals surface area contributed by atoms with Gasteiger partial charge in [-0.2, -0.15) is 0 Å². The van der Waals surface area contributed by atoms with Gasteiger partial charge in [0.05, 0.1) is 0 Å². The topological polar surface area (TPSA) is 95.9 Å². The number of aliphatic carboxylic acids is 1. The van der Waals surface area contributed by atoms with Crippen LogP contribution in [-0.2, 0) is 13.9 Å². The Morgan fingerprint density at radius 1 is 0.968 bits per heavy atom. The number of hydrogen-bond donors (Lipinski definition) is 3. The summed E-state index contributed by atoms with van der Waals surface area (Å²) in [6, 6.07) is 8.90. The lowest BCUT2D eigenvalue weighted by molar-refractivity contribution is -0.152. The minimum atomic E-state index is -4.27. The first-order valence-corrected chi connectivity index (χ1v) is 13.4. The van der Waals surface area contributed by atoms with Gasteiger partial charge in [-0.25, -0.2) is 4.79 Å². The van der Waals surface area contributed by atoms with E-state index in [1.807, 2.05) is 6.07 Å². The minimum absolute atomic E-state index is 0.567. The van der Waals surface area contributed by atoms with Crippen LogP contribution >= 0.6 is 7.60 Å². The minimum Gasteiger partial charge on any atom is -0.479 e. The van der Waals surface area contributed by atoms with Gasteiger partial charge in [-0.05, 0) is 32.4 Å². The Bertz CT molecular complexity index is 665. The van der Waals surface area contributed by atoms with Crippen molar-refractivity contribution in [3.63, 3.8) is 0 Å². The van der Waals surface area contributed by atoms with Crippen LogP contribution in [0, 0.1) is 0 Å². The maximum Gasteiger partial charge on any atom is 0.350 e. The number of rotatable bonds is 18. The van der Waals surface area contributed by atoms with Gasteiger partial charge < -0.3 is 10.00 Å². The van der Waals surface area contributed by atoms with Gasteiger partial charge in [0.15, 0.2) is 5.60 Å². The lowest BCUT2D eigenvalue weighted by Crippen LogP contribution is -2.35. The molecule has 1 rings (SSSR count). The number of carboxylic acids is 1. The number of carboxylic acid groups (broad SMARTS) is 1. The highest BCUT2D eigenvalue weighted by Crippen LogP contribution is 2.57. The van der Waals surface area contributed by atoms with Gasteiger partial charge in [0.1, 0.15) is 5.78 Å². The van der Waals surface area contributed by atoms with Crippen LogP contribution in [-0.4, -0.2) is 28.1 Å².